The number of benzene rings is 2. The van der Waals surface area contributed by atoms with Crippen LogP contribution >= 0.6 is 0 Å². The van der Waals surface area contributed by atoms with Crippen molar-refractivity contribution in [1.82, 2.24) is 0 Å². The molecule has 0 spiro atoms. The lowest BCUT2D eigenvalue weighted by Gasteiger charge is -2.28. The summed E-state index contributed by atoms with van der Waals surface area (Å²) < 4.78 is 31.7. The lowest BCUT2D eigenvalue weighted by atomic mass is 10.2. The smallest absolute Gasteiger partial charge is 0.271 e. The number of rotatable bonds is 4. The average Bonchev–Trinajstić information content (AvgIpc) is 2.59. The fourth-order valence-electron chi connectivity index (χ4n) is 2.40. The second-order valence-electron chi connectivity index (χ2n) is 5.35. The number of nitrogens with zero attached hydrogens (tertiary/aromatic N) is 2. The topological polar surface area (TPSA) is 102 Å². The Morgan fingerprint density at radius 3 is 2.73 bits per heavy atom. The maximum atomic E-state index is 13.6. The molecule has 3 rings (SSSR count). The highest BCUT2D eigenvalue weighted by molar-refractivity contribution is 6.05. The number of nitro benzene ring substituents is 1. The first kappa shape index (κ1) is 17.3. The molecule has 1 aliphatic rings. The number of hydrogen-bond donors (Lipinski definition) is 1. The van der Waals surface area contributed by atoms with Crippen molar-refractivity contribution in [2.24, 2.45) is 0 Å². The molecule has 2 amide bonds. The minimum Gasteiger partial charge on any atom is -0.482 e. The highest BCUT2D eigenvalue weighted by Gasteiger charge is 2.29. The summed E-state index contributed by atoms with van der Waals surface area (Å²) in [4.78, 5) is 35.5. The van der Waals surface area contributed by atoms with Gasteiger partial charge in [0.05, 0.1) is 16.3 Å². The molecular weight excluding hydrogens is 352 g/mol. The molecule has 2 aromatic carbocycles. The van der Waals surface area contributed by atoms with E-state index in [1.807, 2.05) is 0 Å². The molecule has 0 atom stereocenters. The minimum atomic E-state index is -0.970. The third-order valence-electron chi connectivity index (χ3n) is 3.60. The van der Waals surface area contributed by atoms with Crippen LogP contribution in [0.3, 0.4) is 0 Å². The molecule has 0 saturated carbocycles. The molecule has 0 fully saturated rings. The number of non-ortho nitro benzene ring substituents is 1. The Hall–Kier alpha value is -3.56. The highest BCUT2D eigenvalue weighted by atomic mass is 19.1. The Kier molecular flexibility index (Phi) is 4.48. The lowest BCUT2D eigenvalue weighted by Crippen LogP contribution is -2.43. The van der Waals surface area contributed by atoms with Gasteiger partial charge in [-0.1, -0.05) is 0 Å². The van der Waals surface area contributed by atoms with Crippen LogP contribution < -0.4 is 15.0 Å². The third-order valence-corrected chi connectivity index (χ3v) is 3.60. The van der Waals surface area contributed by atoms with Gasteiger partial charge >= 0.3 is 0 Å². The molecule has 26 heavy (non-hydrogen) atoms. The SMILES string of the molecule is O=C(CN1C(=O)COc2ccc([N+](=O)[O-])cc21)Nc1ccc(F)cc1F. The monoisotopic (exact) mass is 363 g/mol. The van der Waals surface area contributed by atoms with Crippen LogP contribution in [0.5, 0.6) is 5.75 Å². The lowest BCUT2D eigenvalue weighted by molar-refractivity contribution is -0.384. The molecule has 1 aliphatic heterocycles. The van der Waals surface area contributed by atoms with Gasteiger partial charge in [-0.25, -0.2) is 8.78 Å². The summed E-state index contributed by atoms with van der Waals surface area (Å²) in [5, 5.41) is 13.1. The van der Waals surface area contributed by atoms with Crippen molar-refractivity contribution in [2.75, 3.05) is 23.4 Å². The zero-order valence-electron chi connectivity index (χ0n) is 13.1. The number of ether oxygens (including phenoxy) is 1. The molecule has 0 aliphatic carbocycles. The Morgan fingerprint density at radius 1 is 1.27 bits per heavy atom. The Labute approximate surface area is 145 Å². The van der Waals surface area contributed by atoms with E-state index in [4.69, 9.17) is 4.74 Å². The molecule has 2 aromatic rings. The van der Waals surface area contributed by atoms with Gasteiger partial charge in [-0.3, -0.25) is 24.6 Å². The summed E-state index contributed by atoms with van der Waals surface area (Å²) in [7, 11) is 0. The summed E-state index contributed by atoms with van der Waals surface area (Å²) in [6, 6.07) is 6.26. The van der Waals surface area contributed by atoms with E-state index >= 15 is 0 Å². The second-order valence-corrected chi connectivity index (χ2v) is 5.35. The van der Waals surface area contributed by atoms with Crippen LogP contribution in [0.15, 0.2) is 36.4 Å². The third kappa shape index (κ3) is 3.43. The van der Waals surface area contributed by atoms with E-state index in [9.17, 15) is 28.5 Å². The molecule has 0 saturated heterocycles. The maximum absolute atomic E-state index is 13.6. The number of carbonyl (C=O) groups is 2. The summed E-state index contributed by atoms with van der Waals surface area (Å²) in [5.74, 6) is -2.92. The number of fused-ring (bicyclic) bond motifs is 1. The van der Waals surface area contributed by atoms with Crippen LogP contribution in [-0.4, -0.2) is 29.9 Å². The highest BCUT2D eigenvalue weighted by Crippen LogP contribution is 2.35. The Morgan fingerprint density at radius 2 is 2.04 bits per heavy atom. The fraction of sp³-hybridized carbons (Fsp3) is 0.125. The molecule has 134 valence electrons. The molecule has 10 heteroatoms. The van der Waals surface area contributed by atoms with Gasteiger partial charge in [0.15, 0.2) is 6.61 Å². The first-order valence-electron chi connectivity index (χ1n) is 7.31. The summed E-state index contributed by atoms with van der Waals surface area (Å²) in [6.45, 7) is -0.865. The van der Waals surface area contributed by atoms with Gasteiger partial charge < -0.3 is 10.1 Å². The first-order chi connectivity index (χ1) is 12.3. The maximum Gasteiger partial charge on any atom is 0.271 e. The van der Waals surface area contributed by atoms with Gasteiger partial charge in [0, 0.05) is 18.2 Å². The van der Waals surface area contributed by atoms with Crippen molar-refractivity contribution in [3.8, 4) is 5.75 Å². The van der Waals surface area contributed by atoms with E-state index in [1.54, 1.807) is 0 Å². The minimum absolute atomic E-state index is 0.0604. The number of halogens is 2. The van der Waals surface area contributed by atoms with Crippen LogP contribution in [0.1, 0.15) is 0 Å². The number of nitro groups is 1. The molecular formula is C16H11F2N3O5. The van der Waals surface area contributed by atoms with Crippen LogP contribution in [0.4, 0.5) is 25.8 Å². The molecule has 1 N–H and O–H groups in total. The fourth-order valence-corrected chi connectivity index (χ4v) is 2.40. The summed E-state index contributed by atoms with van der Waals surface area (Å²) >= 11 is 0. The van der Waals surface area contributed by atoms with E-state index in [-0.39, 0.29) is 29.4 Å². The predicted molar refractivity (Wildman–Crippen MR) is 85.9 cm³/mol. The number of hydrogen-bond acceptors (Lipinski definition) is 5. The molecule has 8 nitrogen and oxygen atoms in total. The molecule has 0 unspecified atom stereocenters. The number of amides is 2. The first-order valence-corrected chi connectivity index (χ1v) is 7.31. The van der Waals surface area contributed by atoms with Gasteiger partial charge in [0.25, 0.3) is 11.6 Å². The standard InChI is InChI=1S/C16H11F2N3O5/c17-9-1-3-12(11(18)5-9)19-15(22)7-20-13-6-10(21(24)25)2-4-14(13)26-8-16(20)23/h1-6H,7-8H2,(H,19,22). The van der Waals surface area contributed by atoms with E-state index in [0.29, 0.717) is 6.07 Å². The van der Waals surface area contributed by atoms with Gasteiger partial charge in [-0.2, -0.15) is 0 Å². The van der Waals surface area contributed by atoms with Crippen LogP contribution in [0.25, 0.3) is 0 Å². The quantitative estimate of drug-likeness (QED) is 0.663. The van der Waals surface area contributed by atoms with E-state index in [2.05, 4.69) is 5.32 Å². The predicted octanol–water partition coefficient (Wildman–Crippen LogP) is 2.24. The van der Waals surface area contributed by atoms with Crippen molar-refractivity contribution >= 4 is 28.9 Å². The number of nitrogens with one attached hydrogen (secondary N) is 1. The number of carbonyl (C=O) groups excluding carboxylic acids is 2. The van der Waals surface area contributed by atoms with E-state index in [0.717, 1.165) is 23.1 Å². The zero-order chi connectivity index (χ0) is 18.8. The average molecular weight is 363 g/mol. The van der Waals surface area contributed by atoms with Crippen molar-refractivity contribution in [3.05, 3.63) is 58.1 Å². The molecule has 1 heterocycles. The molecule has 0 radical (unpaired) electrons. The van der Waals surface area contributed by atoms with Gasteiger partial charge in [-0.05, 0) is 18.2 Å². The van der Waals surface area contributed by atoms with Crippen molar-refractivity contribution in [3.63, 3.8) is 0 Å². The van der Waals surface area contributed by atoms with E-state index in [1.165, 1.54) is 12.1 Å². The summed E-state index contributed by atoms with van der Waals surface area (Å²) in [5.41, 5.74) is -0.474. The Bertz CT molecular complexity index is 919. The van der Waals surface area contributed by atoms with Crippen LogP contribution in [0, 0.1) is 21.7 Å². The van der Waals surface area contributed by atoms with E-state index < -0.39 is 34.9 Å². The number of anilines is 2. The Balaban J connectivity index is 1.83. The summed E-state index contributed by atoms with van der Waals surface area (Å²) in [6.07, 6.45) is 0. The van der Waals surface area contributed by atoms with Crippen LogP contribution in [-0.2, 0) is 9.59 Å². The van der Waals surface area contributed by atoms with Gasteiger partial charge in [0.1, 0.15) is 23.9 Å². The van der Waals surface area contributed by atoms with Crippen molar-refractivity contribution in [1.29, 1.82) is 0 Å². The van der Waals surface area contributed by atoms with Crippen molar-refractivity contribution < 1.29 is 28.0 Å². The van der Waals surface area contributed by atoms with Crippen molar-refractivity contribution in [2.45, 2.75) is 0 Å². The zero-order valence-corrected chi connectivity index (χ0v) is 13.1. The molecule has 0 bridgehead atoms. The van der Waals surface area contributed by atoms with Crippen LogP contribution in [0.2, 0.25) is 0 Å². The van der Waals surface area contributed by atoms with Gasteiger partial charge in [-0.15, -0.1) is 0 Å². The van der Waals surface area contributed by atoms with Gasteiger partial charge in [0.2, 0.25) is 5.91 Å². The normalized spacial score (nSPS) is 13.0. The molecule has 0 aromatic heterocycles. The second kappa shape index (κ2) is 6.75. The largest absolute Gasteiger partial charge is 0.482 e.